The van der Waals surface area contributed by atoms with Gasteiger partial charge < -0.3 is 15.4 Å². The second-order valence-electron chi connectivity index (χ2n) is 5.27. The lowest BCUT2D eigenvalue weighted by Gasteiger charge is -2.29. The molecule has 1 aromatic heterocycles. The average Bonchev–Trinajstić information content (AvgIpc) is 3.20. The maximum atomic E-state index is 12.4. The predicted molar refractivity (Wildman–Crippen MR) is 73.7 cm³/mol. The number of carbonyl (C=O) groups is 1. The molecule has 112 valence electrons. The van der Waals surface area contributed by atoms with Gasteiger partial charge in [-0.3, -0.25) is 4.79 Å². The summed E-state index contributed by atoms with van der Waals surface area (Å²) < 4.78 is 6.64. The van der Waals surface area contributed by atoms with Crippen molar-refractivity contribution in [1.29, 1.82) is 0 Å². The van der Waals surface area contributed by atoms with Gasteiger partial charge in [0.2, 0.25) is 5.91 Å². The fourth-order valence-corrected chi connectivity index (χ4v) is 2.32. The van der Waals surface area contributed by atoms with Crippen LogP contribution in [-0.4, -0.2) is 52.1 Å². The maximum absolute atomic E-state index is 12.4. The Morgan fingerprint density at radius 1 is 1.65 bits per heavy atom. The van der Waals surface area contributed by atoms with Crippen molar-refractivity contribution in [2.45, 2.75) is 38.9 Å². The highest BCUT2D eigenvalue weighted by Gasteiger charge is 2.34. The molecule has 1 aromatic rings. The molecule has 0 saturated heterocycles. The minimum Gasteiger partial charge on any atom is -0.383 e. The molecular weight excluding hydrogens is 258 g/mol. The highest BCUT2D eigenvalue weighted by Crippen LogP contribution is 2.35. The van der Waals surface area contributed by atoms with Gasteiger partial charge >= 0.3 is 0 Å². The Kier molecular flexibility index (Phi) is 5.08. The van der Waals surface area contributed by atoms with E-state index in [2.05, 4.69) is 17.2 Å². The van der Waals surface area contributed by atoms with Crippen LogP contribution in [0, 0.1) is 5.92 Å². The lowest BCUT2D eigenvalue weighted by Crippen LogP contribution is -2.43. The number of aromatic nitrogens is 3. The summed E-state index contributed by atoms with van der Waals surface area (Å²) in [5.74, 6) is 0.682. The Morgan fingerprint density at radius 3 is 2.95 bits per heavy atom. The first-order chi connectivity index (χ1) is 9.65. The van der Waals surface area contributed by atoms with E-state index in [-0.39, 0.29) is 18.5 Å². The minimum atomic E-state index is 0.0509. The molecule has 1 heterocycles. The number of nitrogens with two attached hydrogens (primary N) is 1. The van der Waals surface area contributed by atoms with Gasteiger partial charge in [0, 0.05) is 26.2 Å². The highest BCUT2D eigenvalue weighted by atomic mass is 16.5. The minimum absolute atomic E-state index is 0.0509. The second-order valence-corrected chi connectivity index (χ2v) is 5.27. The van der Waals surface area contributed by atoms with Gasteiger partial charge in [-0.1, -0.05) is 5.21 Å². The zero-order chi connectivity index (χ0) is 14.5. The second kappa shape index (κ2) is 6.81. The molecule has 0 radical (unpaired) electrons. The Balaban J connectivity index is 1.97. The first-order valence-electron chi connectivity index (χ1n) is 7.03. The number of nitrogens with zero attached hydrogens (tertiary/aromatic N) is 4. The summed E-state index contributed by atoms with van der Waals surface area (Å²) >= 11 is 0. The standard InChI is InChI=1S/C13H23N5O2/c1-10(11-3-4-11)18(5-6-20-2)13(19)9-17-8-12(7-14)15-16-17/h8,10-11H,3-7,9,14H2,1-2H3. The summed E-state index contributed by atoms with van der Waals surface area (Å²) in [4.78, 5) is 14.3. The largest absolute Gasteiger partial charge is 0.383 e. The summed E-state index contributed by atoms with van der Waals surface area (Å²) in [6, 6.07) is 0.259. The van der Waals surface area contributed by atoms with E-state index in [1.54, 1.807) is 18.0 Å². The lowest BCUT2D eigenvalue weighted by atomic mass is 10.2. The van der Waals surface area contributed by atoms with Crippen molar-refractivity contribution in [3.05, 3.63) is 11.9 Å². The van der Waals surface area contributed by atoms with Crippen molar-refractivity contribution in [3.8, 4) is 0 Å². The molecule has 2 rings (SSSR count). The van der Waals surface area contributed by atoms with Crippen LogP contribution in [0.4, 0.5) is 0 Å². The Hall–Kier alpha value is -1.47. The van der Waals surface area contributed by atoms with Gasteiger partial charge in [-0.05, 0) is 25.7 Å². The third-order valence-electron chi connectivity index (χ3n) is 3.75. The fourth-order valence-electron chi connectivity index (χ4n) is 2.32. The Labute approximate surface area is 119 Å². The van der Waals surface area contributed by atoms with Crippen LogP contribution >= 0.6 is 0 Å². The van der Waals surface area contributed by atoms with Crippen molar-refractivity contribution in [3.63, 3.8) is 0 Å². The molecule has 1 aliphatic carbocycles. The lowest BCUT2D eigenvalue weighted by molar-refractivity contribution is -0.135. The molecular formula is C13H23N5O2. The number of hydrogen-bond donors (Lipinski definition) is 1. The smallest absolute Gasteiger partial charge is 0.244 e. The van der Waals surface area contributed by atoms with E-state index in [4.69, 9.17) is 10.5 Å². The molecule has 1 amide bonds. The molecule has 20 heavy (non-hydrogen) atoms. The molecule has 1 fully saturated rings. The summed E-state index contributed by atoms with van der Waals surface area (Å²) in [5, 5.41) is 7.81. The van der Waals surface area contributed by atoms with E-state index >= 15 is 0 Å². The van der Waals surface area contributed by atoms with Crippen LogP contribution in [0.3, 0.4) is 0 Å². The SMILES string of the molecule is COCCN(C(=O)Cn1cc(CN)nn1)C(C)C1CC1. The van der Waals surface area contributed by atoms with Gasteiger partial charge in [0.05, 0.1) is 18.5 Å². The molecule has 1 atom stereocenters. The summed E-state index contributed by atoms with van der Waals surface area (Å²) in [6.07, 6.45) is 4.13. The number of methoxy groups -OCH3 is 1. The molecule has 0 bridgehead atoms. The topological polar surface area (TPSA) is 86.3 Å². The van der Waals surface area contributed by atoms with E-state index in [1.165, 1.54) is 12.8 Å². The van der Waals surface area contributed by atoms with Crippen LogP contribution in [0.2, 0.25) is 0 Å². The number of hydrogen-bond acceptors (Lipinski definition) is 5. The van der Waals surface area contributed by atoms with E-state index in [1.807, 2.05) is 4.90 Å². The average molecular weight is 281 g/mol. The first kappa shape index (κ1) is 14.9. The molecule has 1 aliphatic rings. The molecule has 0 aliphatic heterocycles. The van der Waals surface area contributed by atoms with Crippen LogP contribution in [-0.2, 0) is 22.6 Å². The van der Waals surface area contributed by atoms with E-state index < -0.39 is 0 Å². The van der Waals surface area contributed by atoms with Crippen LogP contribution in [0.5, 0.6) is 0 Å². The number of amides is 1. The quantitative estimate of drug-likeness (QED) is 0.725. The van der Waals surface area contributed by atoms with Gasteiger partial charge in [0.15, 0.2) is 0 Å². The van der Waals surface area contributed by atoms with Crippen LogP contribution in [0.25, 0.3) is 0 Å². The number of ether oxygens (including phenoxy) is 1. The molecule has 7 nitrogen and oxygen atoms in total. The van der Waals surface area contributed by atoms with Crippen LogP contribution < -0.4 is 5.73 Å². The summed E-state index contributed by atoms with van der Waals surface area (Å²) in [7, 11) is 1.65. The van der Waals surface area contributed by atoms with Gasteiger partial charge in [-0.15, -0.1) is 5.10 Å². The third-order valence-corrected chi connectivity index (χ3v) is 3.75. The van der Waals surface area contributed by atoms with Crippen LogP contribution in [0.15, 0.2) is 6.20 Å². The summed E-state index contributed by atoms with van der Waals surface area (Å²) in [5.41, 5.74) is 6.18. The molecule has 2 N–H and O–H groups in total. The van der Waals surface area contributed by atoms with E-state index in [9.17, 15) is 4.79 Å². The Bertz CT molecular complexity index is 444. The zero-order valence-corrected chi connectivity index (χ0v) is 12.2. The molecule has 0 aromatic carbocycles. The third kappa shape index (κ3) is 3.77. The van der Waals surface area contributed by atoms with E-state index in [0.29, 0.717) is 31.3 Å². The molecule has 7 heteroatoms. The zero-order valence-electron chi connectivity index (χ0n) is 12.2. The molecule has 1 unspecified atom stereocenters. The van der Waals surface area contributed by atoms with Crippen molar-refractivity contribution in [2.75, 3.05) is 20.3 Å². The van der Waals surface area contributed by atoms with Gasteiger partial charge in [-0.2, -0.15) is 0 Å². The fraction of sp³-hybridized carbons (Fsp3) is 0.769. The van der Waals surface area contributed by atoms with Crippen molar-refractivity contribution in [1.82, 2.24) is 19.9 Å². The van der Waals surface area contributed by atoms with Gasteiger partial charge in [0.25, 0.3) is 0 Å². The molecule has 1 saturated carbocycles. The first-order valence-corrected chi connectivity index (χ1v) is 7.03. The predicted octanol–water partition coefficient (Wildman–Crippen LogP) is 0.0103. The number of carbonyl (C=O) groups excluding carboxylic acids is 1. The van der Waals surface area contributed by atoms with Gasteiger partial charge in [-0.25, -0.2) is 4.68 Å². The summed E-state index contributed by atoms with van der Waals surface area (Å²) in [6.45, 7) is 3.81. The monoisotopic (exact) mass is 281 g/mol. The van der Waals surface area contributed by atoms with Gasteiger partial charge in [0.1, 0.15) is 6.54 Å². The number of rotatable bonds is 8. The normalized spacial score (nSPS) is 16.1. The maximum Gasteiger partial charge on any atom is 0.244 e. The van der Waals surface area contributed by atoms with Crippen LogP contribution in [0.1, 0.15) is 25.5 Å². The van der Waals surface area contributed by atoms with Crippen molar-refractivity contribution >= 4 is 5.91 Å². The Morgan fingerprint density at radius 2 is 2.40 bits per heavy atom. The molecule has 0 spiro atoms. The van der Waals surface area contributed by atoms with Crippen molar-refractivity contribution in [2.24, 2.45) is 11.7 Å². The van der Waals surface area contributed by atoms with Crippen molar-refractivity contribution < 1.29 is 9.53 Å². The highest BCUT2D eigenvalue weighted by molar-refractivity contribution is 5.76. The van der Waals surface area contributed by atoms with E-state index in [0.717, 1.165) is 0 Å².